The van der Waals surface area contributed by atoms with Crippen molar-refractivity contribution in [3.63, 3.8) is 0 Å². The summed E-state index contributed by atoms with van der Waals surface area (Å²) in [6.07, 6.45) is 1.81. The molecule has 0 aromatic rings. The van der Waals surface area contributed by atoms with Gasteiger partial charge in [-0.1, -0.05) is 6.92 Å². The second-order valence-corrected chi connectivity index (χ2v) is 2.58. The number of cyclic esters (lactones) is 1. The second kappa shape index (κ2) is 2.90. The van der Waals surface area contributed by atoms with Crippen LogP contribution in [0.5, 0.6) is 0 Å². The summed E-state index contributed by atoms with van der Waals surface area (Å²) in [5.74, 6) is 0. The Morgan fingerprint density at radius 2 is 2.50 bits per heavy atom. The zero-order chi connectivity index (χ0) is 7.56. The summed E-state index contributed by atoms with van der Waals surface area (Å²) in [5.41, 5.74) is 0. The van der Waals surface area contributed by atoms with Crippen LogP contribution >= 0.6 is 0 Å². The van der Waals surface area contributed by atoms with Crippen molar-refractivity contribution in [1.82, 2.24) is 4.90 Å². The van der Waals surface area contributed by atoms with Gasteiger partial charge >= 0.3 is 6.09 Å². The van der Waals surface area contributed by atoms with Crippen LogP contribution in [0, 0.1) is 0 Å². The minimum Gasteiger partial charge on any atom is -0.449 e. The molecule has 58 valence electrons. The van der Waals surface area contributed by atoms with Crippen LogP contribution in [0.25, 0.3) is 0 Å². The van der Waals surface area contributed by atoms with E-state index in [-0.39, 0.29) is 6.09 Å². The fraction of sp³-hybridized carbons (Fsp3) is 0.857. The molecule has 1 saturated heterocycles. The van der Waals surface area contributed by atoms with E-state index in [0.717, 1.165) is 12.8 Å². The Balaban J connectivity index is 2.51. The lowest BCUT2D eigenvalue weighted by Gasteiger charge is -2.30. The largest absolute Gasteiger partial charge is 0.449 e. The van der Waals surface area contributed by atoms with E-state index in [2.05, 4.69) is 6.92 Å². The highest BCUT2D eigenvalue weighted by Crippen LogP contribution is 2.13. The van der Waals surface area contributed by atoms with Gasteiger partial charge < -0.3 is 9.64 Å². The molecule has 0 spiro atoms. The molecule has 0 radical (unpaired) electrons. The third kappa shape index (κ3) is 1.23. The Bertz CT molecular complexity index is 136. The molecule has 0 N–H and O–H groups in total. The minimum absolute atomic E-state index is 0.182. The molecular weight excluding hydrogens is 130 g/mol. The molecule has 0 bridgehead atoms. The molecular formula is C7H13NO2. The van der Waals surface area contributed by atoms with E-state index in [1.165, 1.54) is 0 Å². The smallest absolute Gasteiger partial charge is 0.409 e. The van der Waals surface area contributed by atoms with Gasteiger partial charge in [-0.3, -0.25) is 0 Å². The molecule has 0 saturated carbocycles. The topological polar surface area (TPSA) is 29.5 Å². The van der Waals surface area contributed by atoms with Gasteiger partial charge in [0.25, 0.3) is 0 Å². The number of rotatable bonds is 1. The Labute approximate surface area is 61.0 Å². The maximum atomic E-state index is 10.9. The van der Waals surface area contributed by atoms with E-state index in [1.807, 2.05) is 0 Å². The summed E-state index contributed by atoms with van der Waals surface area (Å²) in [7, 11) is 1.79. The summed E-state index contributed by atoms with van der Waals surface area (Å²) in [6, 6.07) is 0.390. The third-order valence-corrected chi connectivity index (χ3v) is 1.98. The molecule has 1 atom stereocenters. The van der Waals surface area contributed by atoms with Crippen molar-refractivity contribution in [2.24, 2.45) is 0 Å². The lowest BCUT2D eigenvalue weighted by Crippen LogP contribution is -2.42. The Kier molecular flexibility index (Phi) is 2.14. The van der Waals surface area contributed by atoms with Gasteiger partial charge in [-0.25, -0.2) is 4.79 Å². The fourth-order valence-corrected chi connectivity index (χ4v) is 1.20. The van der Waals surface area contributed by atoms with Crippen molar-refractivity contribution in [2.75, 3.05) is 13.7 Å². The lowest BCUT2D eigenvalue weighted by atomic mass is 10.1. The molecule has 0 aromatic carbocycles. The number of carbonyl (C=O) groups excluding carboxylic acids is 1. The van der Waals surface area contributed by atoms with Gasteiger partial charge in [-0.2, -0.15) is 0 Å². The lowest BCUT2D eigenvalue weighted by molar-refractivity contribution is 0.0552. The van der Waals surface area contributed by atoms with Crippen LogP contribution < -0.4 is 0 Å². The van der Waals surface area contributed by atoms with Crippen LogP contribution in [0.2, 0.25) is 0 Å². The van der Waals surface area contributed by atoms with Crippen molar-refractivity contribution in [3.05, 3.63) is 0 Å². The van der Waals surface area contributed by atoms with Crippen LogP contribution in [-0.2, 0) is 4.74 Å². The van der Waals surface area contributed by atoms with Gasteiger partial charge in [0.1, 0.15) is 0 Å². The molecule has 0 aliphatic carbocycles. The Hall–Kier alpha value is -0.730. The van der Waals surface area contributed by atoms with Crippen LogP contribution in [0.15, 0.2) is 0 Å². The zero-order valence-electron chi connectivity index (χ0n) is 6.46. The van der Waals surface area contributed by atoms with Gasteiger partial charge in [0.15, 0.2) is 0 Å². The monoisotopic (exact) mass is 143 g/mol. The number of hydrogen-bond acceptors (Lipinski definition) is 2. The van der Waals surface area contributed by atoms with Crippen LogP contribution in [0.4, 0.5) is 4.79 Å². The number of nitrogens with zero attached hydrogens (tertiary/aromatic N) is 1. The molecule has 1 unspecified atom stereocenters. The molecule has 10 heavy (non-hydrogen) atoms. The van der Waals surface area contributed by atoms with Crippen molar-refractivity contribution in [2.45, 2.75) is 25.8 Å². The van der Waals surface area contributed by atoms with Crippen LogP contribution in [0.3, 0.4) is 0 Å². The normalized spacial score (nSPS) is 26.4. The first-order chi connectivity index (χ1) is 4.75. The summed E-state index contributed by atoms with van der Waals surface area (Å²) in [4.78, 5) is 12.5. The molecule has 0 aromatic heterocycles. The SMILES string of the molecule is CCC1CCOC(=O)N1C. The van der Waals surface area contributed by atoms with Crippen LogP contribution in [0.1, 0.15) is 19.8 Å². The van der Waals surface area contributed by atoms with Gasteiger partial charge in [-0.15, -0.1) is 0 Å². The predicted molar refractivity (Wildman–Crippen MR) is 37.8 cm³/mol. The molecule has 1 rings (SSSR count). The number of hydrogen-bond donors (Lipinski definition) is 0. The van der Waals surface area contributed by atoms with Crippen molar-refractivity contribution >= 4 is 6.09 Å². The van der Waals surface area contributed by atoms with E-state index >= 15 is 0 Å². The minimum atomic E-state index is -0.182. The highest BCUT2D eigenvalue weighted by atomic mass is 16.6. The fourth-order valence-electron chi connectivity index (χ4n) is 1.20. The summed E-state index contributed by atoms with van der Waals surface area (Å²) < 4.78 is 4.81. The van der Waals surface area contributed by atoms with Gasteiger partial charge in [0.05, 0.1) is 6.61 Å². The number of carbonyl (C=O) groups is 1. The van der Waals surface area contributed by atoms with Gasteiger partial charge in [-0.05, 0) is 6.42 Å². The van der Waals surface area contributed by atoms with Crippen molar-refractivity contribution < 1.29 is 9.53 Å². The number of ether oxygens (including phenoxy) is 1. The van der Waals surface area contributed by atoms with Crippen LogP contribution in [-0.4, -0.2) is 30.7 Å². The summed E-state index contributed by atoms with van der Waals surface area (Å²) >= 11 is 0. The quantitative estimate of drug-likeness (QED) is 0.552. The van der Waals surface area contributed by atoms with Crippen molar-refractivity contribution in [3.8, 4) is 0 Å². The molecule has 1 fully saturated rings. The number of amides is 1. The third-order valence-electron chi connectivity index (χ3n) is 1.98. The Morgan fingerprint density at radius 1 is 1.80 bits per heavy atom. The standard InChI is InChI=1S/C7H13NO2/c1-3-6-4-5-10-7(9)8(6)2/h6H,3-5H2,1-2H3. The van der Waals surface area contributed by atoms with E-state index in [4.69, 9.17) is 4.74 Å². The van der Waals surface area contributed by atoms with E-state index in [0.29, 0.717) is 12.6 Å². The highest BCUT2D eigenvalue weighted by Gasteiger charge is 2.23. The molecule has 1 heterocycles. The average molecular weight is 143 g/mol. The maximum Gasteiger partial charge on any atom is 0.409 e. The van der Waals surface area contributed by atoms with E-state index < -0.39 is 0 Å². The molecule has 1 aliphatic rings. The first kappa shape index (κ1) is 7.38. The zero-order valence-corrected chi connectivity index (χ0v) is 6.46. The van der Waals surface area contributed by atoms with Gasteiger partial charge in [0, 0.05) is 19.5 Å². The first-order valence-corrected chi connectivity index (χ1v) is 3.65. The van der Waals surface area contributed by atoms with E-state index in [9.17, 15) is 4.79 Å². The molecule has 1 aliphatic heterocycles. The van der Waals surface area contributed by atoms with Crippen molar-refractivity contribution in [1.29, 1.82) is 0 Å². The molecule has 1 amide bonds. The summed E-state index contributed by atoms with van der Waals surface area (Å²) in [6.45, 7) is 2.67. The average Bonchev–Trinajstić information content (AvgIpc) is 1.95. The summed E-state index contributed by atoms with van der Waals surface area (Å²) in [5, 5.41) is 0. The molecule has 3 heteroatoms. The Morgan fingerprint density at radius 3 is 3.00 bits per heavy atom. The van der Waals surface area contributed by atoms with E-state index in [1.54, 1.807) is 11.9 Å². The predicted octanol–water partition coefficient (Wildman–Crippen LogP) is 1.24. The van der Waals surface area contributed by atoms with Gasteiger partial charge in [0.2, 0.25) is 0 Å². The highest BCUT2D eigenvalue weighted by molar-refractivity contribution is 5.68. The maximum absolute atomic E-state index is 10.9. The first-order valence-electron chi connectivity index (χ1n) is 3.65. The second-order valence-electron chi connectivity index (χ2n) is 2.58. The molecule has 3 nitrogen and oxygen atoms in total.